The Labute approximate surface area is 154 Å². The number of halogens is 1. The topological polar surface area (TPSA) is 54.0 Å². The van der Waals surface area contributed by atoms with Crippen molar-refractivity contribution >= 4 is 38.7 Å². The van der Waals surface area contributed by atoms with Crippen LogP contribution in [0.2, 0.25) is 0 Å². The number of para-hydroxylation sites is 1. The average molecular weight is 367 g/mol. The minimum absolute atomic E-state index is 0.0247. The number of carbonyl (C=O) groups excluding carboxylic acids is 1. The smallest absolute Gasteiger partial charge is 0.260 e. The van der Waals surface area contributed by atoms with Gasteiger partial charge in [0.25, 0.3) is 5.91 Å². The molecule has 4 nitrogen and oxygen atoms in total. The minimum Gasteiger partial charge on any atom is -0.316 e. The molecule has 2 N–H and O–H groups in total. The fourth-order valence-electron chi connectivity index (χ4n) is 3.02. The van der Waals surface area contributed by atoms with Crippen molar-refractivity contribution in [3.63, 3.8) is 0 Å². The quantitative estimate of drug-likeness (QED) is 0.719. The van der Waals surface area contributed by atoms with Crippen LogP contribution >= 0.6 is 11.3 Å². The van der Waals surface area contributed by atoms with Crippen LogP contribution in [0.5, 0.6) is 0 Å². The zero-order valence-corrected chi connectivity index (χ0v) is 14.9. The van der Waals surface area contributed by atoms with Crippen LogP contribution in [0.4, 0.5) is 9.52 Å². The van der Waals surface area contributed by atoms with Gasteiger partial charge in [-0.3, -0.25) is 10.1 Å². The molecule has 3 aromatic rings. The van der Waals surface area contributed by atoms with Gasteiger partial charge in [-0.05, 0) is 55.8 Å². The molecule has 0 spiro atoms. The lowest BCUT2D eigenvalue weighted by Crippen LogP contribution is -2.22. The third-order valence-corrected chi connectivity index (χ3v) is 5.32. The highest BCUT2D eigenvalue weighted by atomic mass is 32.1. The Morgan fingerprint density at radius 2 is 2.00 bits per heavy atom. The predicted molar refractivity (Wildman–Crippen MR) is 104 cm³/mol. The molecule has 2 aromatic carbocycles. The zero-order valence-electron chi connectivity index (χ0n) is 14.1. The standard InChI is InChI=1S/C20H18FN3OS/c21-16-12-14(11-13-7-9-22-10-8-13)5-6-15(16)19(25)24-20-23-17-3-1-2-4-18(17)26-20/h1-6,11-12,22H,7-10H2,(H,23,24,25). The minimum atomic E-state index is -0.521. The van der Waals surface area contributed by atoms with Gasteiger partial charge in [0, 0.05) is 0 Å². The molecule has 1 aliphatic rings. The lowest BCUT2D eigenvalue weighted by atomic mass is 10.0. The van der Waals surface area contributed by atoms with Gasteiger partial charge in [0.2, 0.25) is 0 Å². The Morgan fingerprint density at radius 3 is 2.77 bits per heavy atom. The van der Waals surface area contributed by atoms with Crippen LogP contribution in [-0.4, -0.2) is 24.0 Å². The summed E-state index contributed by atoms with van der Waals surface area (Å²) in [5.41, 5.74) is 2.93. The molecule has 26 heavy (non-hydrogen) atoms. The third kappa shape index (κ3) is 3.66. The highest BCUT2D eigenvalue weighted by Crippen LogP contribution is 2.26. The van der Waals surface area contributed by atoms with Gasteiger partial charge in [-0.25, -0.2) is 9.37 Å². The molecule has 1 saturated heterocycles. The maximum Gasteiger partial charge on any atom is 0.260 e. The van der Waals surface area contributed by atoms with Gasteiger partial charge in [0.1, 0.15) is 5.82 Å². The molecule has 0 saturated carbocycles. The number of thiazole rings is 1. The summed E-state index contributed by atoms with van der Waals surface area (Å²) in [5, 5.41) is 6.46. The van der Waals surface area contributed by atoms with Crippen LogP contribution in [0.1, 0.15) is 28.8 Å². The SMILES string of the molecule is O=C(Nc1nc2ccccc2s1)c1ccc(C=C2CCNCC2)cc1F. The van der Waals surface area contributed by atoms with Crippen LogP contribution in [0, 0.1) is 5.82 Å². The molecular formula is C20H18FN3OS. The molecule has 0 aliphatic carbocycles. The molecule has 2 heterocycles. The monoisotopic (exact) mass is 367 g/mol. The molecule has 1 aliphatic heterocycles. The van der Waals surface area contributed by atoms with E-state index in [0.29, 0.717) is 5.13 Å². The molecule has 6 heteroatoms. The van der Waals surface area contributed by atoms with E-state index in [9.17, 15) is 9.18 Å². The number of carbonyl (C=O) groups is 1. The number of anilines is 1. The molecule has 0 radical (unpaired) electrons. The summed E-state index contributed by atoms with van der Waals surface area (Å²) in [7, 11) is 0. The predicted octanol–water partition coefficient (Wildman–Crippen LogP) is 4.45. The molecule has 1 fully saturated rings. The van der Waals surface area contributed by atoms with Gasteiger partial charge in [0.15, 0.2) is 5.13 Å². The molecular weight excluding hydrogens is 349 g/mol. The van der Waals surface area contributed by atoms with Crippen molar-refractivity contribution in [2.45, 2.75) is 12.8 Å². The van der Waals surface area contributed by atoms with E-state index in [4.69, 9.17) is 0 Å². The molecule has 0 bridgehead atoms. The van der Waals surface area contributed by atoms with Crippen LogP contribution in [0.3, 0.4) is 0 Å². The maximum atomic E-state index is 14.4. The summed E-state index contributed by atoms with van der Waals surface area (Å²) < 4.78 is 15.4. The van der Waals surface area contributed by atoms with Gasteiger partial charge in [-0.15, -0.1) is 0 Å². The van der Waals surface area contributed by atoms with Crippen molar-refractivity contribution in [2.75, 3.05) is 18.4 Å². The first-order valence-electron chi connectivity index (χ1n) is 8.56. The van der Waals surface area contributed by atoms with Gasteiger partial charge < -0.3 is 5.32 Å². The number of nitrogens with zero attached hydrogens (tertiary/aromatic N) is 1. The summed E-state index contributed by atoms with van der Waals surface area (Å²) in [5.74, 6) is -1.01. The molecule has 4 rings (SSSR count). The number of hydrogen-bond acceptors (Lipinski definition) is 4. The van der Waals surface area contributed by atoms with Crippen molar-refractivity contribution in [2.24, 2.45) is 0 Å². The summed E-state index contributed by atoms with van der Waals surface area (Å²) in [6.07, 6.45) is 3.96. The molecule has 0 atom stereocenters. The van der Waals surface area contributed by atoms with Crippen LogP contribution in [-0.2, 0) is 0 Å². The van der Waals surface area contributed by atoms with Crippen molar-refractivity contribution in [3.05, 3.63) is 65.0 Å². The Hall–Kier alpha value is -2.57. The van der Waals surface area contributed by atoms with E-state index in [2.05, 4.69) is 15.6 Å². The molecule has 0 unspecified atom stereocenters. The largest absolute Gasteiger partial charge is 0.316 e. The van der Waals surface area contributed by atoms with Crippen molar-refractivity contribution in [1.29, 1.82) is 0 Å². The number of benzene rings is 2. The fraction of sp³-hybridized carbons (Fsp3) is 0.200. The number of amides is 1. The number of piperidine rings is 1. The number of nitrogens with one attached hydrogen (secondary N) is 2. The van der Waals surface area contributed by atoms with E-state index in [1.807, 2.05) is 30.3 Å². The Morgan fingerprint density at radius 1 is 1.19 bits per heavy atom. The lowest BCUT2D eigenvalue weighted by molar-refractivity contribution is 0.102. The van der Waals surface area contributed by atoms with Crippen LogP contribution in [0.25, 0.3) is 16.3 Å². The Bertz CT molecular complexity index is 955. The molecule has 132 valence electrons. The maximum absolute atomic E-state index is 14.4. The van der Waals surface area contributed by atoms with Gasteiger partial charge in [-0.2, -0.15) is 0 Å². The van der Waals surface area contributed by atoms with E-state index in [1.54, 1.807) is 6.07 Å². The van der Waals surface area contributed by atoms with Crippen molar-refractivity contribution in [1.82, 2.24) is 10.3 Å². The number of hydrogen-bond donors (Lipinski definition) is 2. The Balaban J connectivity index is 1.52. The first-order chi connectivity index (χ1) is 12.7. The summed E-state index contributed by atoms with van der Waals surface area (Å²) in [4.78, 5) is 16.8. The normalized spacial score (nSPS) is 14.4. The molecule has 1 aromatic heterocycles. The average Bonchev–Trinajstić information content (AvgIpc) is 3.04. The number of aromatic nitrogens is 1. The van der Waals surface area contributed by atoms with Gasteiger partial charge in [0.05, 0.1) is 15.8 Å². The summed E-state index contributed by atoms with van der Waals surface area (Å²) in [6.45, 7) is 1.91. The number of fused-ring (bicyclic) bond motifs is 1. The summed E-state index contributed by atoms with van der Waals surface area (Å²) in [6, 6.07) is 12.4. The second-order valence-corrected chi connectivity index (χ2v) is 7.26. The first kappa shape index (κ1) is 16.9. The van der Waals surface area contributed by atoms with E-state index in [-0.39, 0.29) is 5.56 Å². The second kappa shape index (κ2) is 7.35. The second-order valence-electron chi connectivity index (χ2n) is 6.23. The highest BCUT2D eigenvalue weighted by Gasteiger charge is 2.14. The van der Waals surface area contributed by atoms with Crippen LogP contribution in [0.15, 0.2) is 48.0 Å². The first-order valence-corrected chi connectivity index (χ1v) is 9.37. The zero-order chi connectivity index (χ0) is 17.9. The van der Waals surface area contributed by atoms with E-state index < -0.39 is 11.7 Å². The van der Waals surface area contributed by atoms with Gasteiger partial charge >= 0.3 is 0 Å². The highest BCUT2D eigenvalue weighted by molar-refractivity contribution is 7.22. The van der Waals surface area contributed by atoms with Crippen molar-refractivity contribution < 1.29 is 9.18 Å². The van der Waals surface area contributed by atoms with Crippen LogP contribution < -0.4 is 10.6 Å². The van der Waals surface area contributed by atoms with E-state index in [0.717, 1.165) is 41.7 Å². The third-order valence-electron chi connectivity index (χ3n) is 4.37. The number of rotatable bonds is 3. The van der Waals surface area contributed by atoms with Crippen molar-refractivity contribution in [3.8, 4) is 0 Å². The summed E-state index contributed by atoms with van der Waals surface area (Å²) >= 11 is 1.37. The Kier molecular flexibility index (Phi) is 4.77. The fourth-order valence-corrected chi connectivity index (χ4v) is 3.88. The van der Waals surface area contributed by atoms with Gasteiger partial charge in [-0.1, -0.05) is 41.2 Å². The van der Waals surface area contributed by atoms with E-state index >= 15 is 0 Å². The lowest BCUT2D eigenvalue weighted by Gasteiger charge is -2.15. The molecule has 1 amide bonds. The van der Waals surface area contributed by atoms with E-state index in [1.165, 1.54) is 29.0 Å².